The van der Waals surface area contributed by atoms with Gasteiger partial charge in [-0.05, 0) is 12.1 Å². The first kappa shape index (κ1) is 12.0. The van der Waals surface area contributed by atoms with Crippen LogP contribution < -0.4 is 5.32 Å². The average molecular weight is 243 g/mol. The van der Waals surface area contributed by atoms with E-state index in [0.717, 1.165) is 0 Å². The Bertz CT molecular complexity index is 625. The van der Waals surface area contributed by atoms with Crippen molar-refractivity contribution >= 4 is 52.7 Å². The summed E-state index contributed by atoms with van der Waals surface area (Å²) >= 11 is 0. The van der Waals surface area contributed by atoms with Crippen molar-refractivity contribution in [3.05, 3.63) is 30.4 Å². The van der Waals surface area contributed by atoms with E-state index in [9.17, 15) is 4.39 Å². The van der Waals surface area contributed by atoms with Crippen LogP contribution in [0.1, 0.15) is 0 Å². The summed E-state index contributed by atoms with van der Waals surface area (Å²) in [6.07, 6.45) is 1.17. The normalized spacial score (nSPS) is 10.2. The maximum Gasteiger partial charge on any atom is 0.323 e. The quantitative estimate of drug-likeness (QED) is 0.690. The number of aromatic nitrogens is 3. The Morgan fingerprint density at radius 2 is 2.12 bits per heavy atom. The molecule has 6 nitrogen and oxygen atoms in total. The zero-order chi connectivity index (χ0) is 11.0. The van der Waals surface area contributed by atoms with E-state index in [1.165, 1.54) is 24.6 Å². The van der Waals surface area contributed by atoms with Crippen LogP contribution in [0.5, 0.6) is 0 Å². The summed E-state index contributed by atoms with van der Waals surface area (Å²) in [5.41, 5.74) is 0.894. The van der Waals surface area contributed by atoms with Gasteiger partial charge in [-0.1, -0.05) is 5.10 Å². The third-order valence-corrected chi connectivity index (χ3v) is 1.92. The SMILES string of the molecule is Fc1ccc2nc(Nc3nnco3)oc2c1.[Na]. The largest absolute Gasteiger partial charge is 0.423 e. The molecule has 3 aromatic rings. The van der Waals surface area contributed by atoms with Gasteiger partial charge >= 0.3 is 12.0 Å². The molecule has 0 aliphatic heterocycles. The molecular weight excluding hydrogens is 238 g/mol. The predicted molar refractivity (Wildman–Crippen MR) is 57.3 cm³/mol. The second-order valence-electron chi connectivity index (χ2n) is 3.00. The van der Waals surface area contributed by atoms with Gasteiger partial charge in [-0.3, -0.25) is 5.32 Å². The third-order valence-electron chi connectivity index (χ3n) is 1.92. The number of fused-ring (bicyclic) bond motifs is 1. The number of benzene rings is 1. The molecule has 81 valence electrons. The Labute approximate surface area is 117 Å². The van der Waals surface area contributed by atoms with Crippen molar-refractivity contribution in [3.63, 3.8) is 0 Å². The van der Waals surface area contributed by atoms with Crippen LogP contribution in [0.4, 0.5) is 16.4 Å². The van der Waals surface area contributed by atoms with E-state index in [1.807, 2.05) is 0 Å². The summed E-state index contributed by atoms with van der Waals surface area (Å²) in [7, 11) is 0. The second-order valence-corrected chi connectivity index (χ2v) is 3.00. The number of nitrogens with zero attached hydrogens (tertiary/aromatic N) is 3. The Kier molecular flexibility index (Phi) is 3.41. The van der Waals surface area contributed by atoms with E-state index < -0.39 is 0 Å². The van der Waals surface area contributed by atoms with E-state index in [0.29, 0.717) is 11.1 Å². The summed E-state index contributed by atoms with van der Waals surface area (Å²) in [5, 5.41) is 9.73. The van der Waals surface area contributed by atoms with Crippen LogP contribution in [0.25, 0.3) is 11.1 Å². The summed E-state index contributed by atoms with van der Waals surface area (Å²) in [5.74, 6) is -0.381. The van der Waals surface area contributed by atoms with Crippen molar-refractivity contribution in [2.75, 3.05) is 5.32 Å². The fraction of sp³-hybridized carbons (Fsp3) is 0. The van der Waals surface area contributed by atoms with Crippen molar-refractivity contribution in [1.82, 2.24) is 15.2 Å². The molecule has 17 heavy (non-hydrogen) atoms. The van der Waals surface area contributed by atoms with Gasteiger partial charge in [-0.2, -0.15) is 4.98 Å². The first-order valence-corrected chi connectivity index (χ1v) is 4.40. The van der Waals surface area contributed by atoms with Crippen LogP contribution in [0.2, 0.25) is 0 Å². The Balaban J connectivity index is 0.00000108. The molecular formula is C9H5FN4NaO2. The van der Waals surface area contributed by atoms with Crippen molar-refractivity contribution in [1.29, 1.82) is 0 Å². The first-order valence-electron chi connectivity index (χ1n) is 4.40. The van der Waals surface area contributed by atoms with E-state index in [2.05, 4.69) is 20.5 Å². The smallest absolute Gasteiger partial charge is 0.323 e. The molecule has 0 aliphatic rings. The molecule has 0 amide bonds. The number of halogens is 1. The van der Waals surface area contributed by atoms with Crippen LogP contribution >= 0.6 is 0 Å². The van der Waals surface area contributed by atoms with Gasteiger partial charge in [0, 0.05) is 35.6 Å². The van der Waals surface area contributed by atoms with Crippen molar-refractivity contribution < 1.29 is 13.2 Å². The molecule has 1 radical (unpaired) electrons. The Hall–Kier alpha value is -1.44. The zero-order valence-corrected chi connectivity index (χ0v) is 10.8. The first-order chi connectivity index (χ1) is 7.81. The molecule has 2 heterocycles. The fourth-order valence-electron chi connectivity index (χ4n) is 1.27. The Morgan fingerprint density at radius 3 is 2.88 bits per heavy atom. The number of anilines is 2. The van der Waals surface area contributed by atoms with E-state index in [1.54, 1.807) is 0 Å². The van der Waals surface area contributed by atoms with Gasteiger partial charge in [0.05, 0.1) is 0 Å². The average Bonchev–Trinajstić information content (AvgIpc) is 2.86. The van der Waals surface area contributed by atoms with E-state index in [-0.39, 0.29) is 47.4 Å². The van der Waals surface area contributed by atoms with Gasteiger partial charge in [0.15, 0.2) is 5.58 Å². The van der Waals surface area contributed by atoms with Gasteiger partial charge in [0.25, 0.3) is 0 Å². The van der Waals surface area contributed by atoms with Crippen LogP contribution in [0.3, 0.4) is 0 Å². The number of rotatable bonds is 2. The molecule has 0 saturated heterocycles. The molecule has 1 N–H and O–H groups in total. The zero-order valence-electron chi connectivity index (χ0n) is 8.85. The maximum absolute atomic E-state index is 12.9. The molecule has 0 aliphatic carbocycles. The van der Waals surface area contributed by atoms with Crippen molar-refractivity contribution in [2.24, 2.45) is 0 Å². The second kappa shape index (κ2) is 4.82. The minimum absolute atomic E-state index is 0. The standard InChI is InChI=1S/C9H5FN4O2.Na/c10-5-1-2-6-7(3-5)16-8(12-6)13-9-14-11-4-15-9;/h1-4H,(H,12,13,14);. The molecule has 0 unspecified atom stereocenters. The van der Waals surface area contributed by atoms with Gasteiger partial charge in [-0.25, -0.2) is 4.39 Å². The minimum atomic E-state index is -0.381. The van der Waals surface area contributed by atoms with Gasteiger partial charge in [0.2, 0.25) is 6.39 Å². The molecule has 3 rings (SSSR count). The summed E-state index contributed by atoms with van der Waals surface area (Å²) < 4.78 is 23.0. The third kappa shape index (κ3) is 2.46. The summed E-state index contributed by atoms with van der Waals surface area (Å²) in [6.45, 7) is 0. The minimum Gasteiger partial charge on any atom is -0.423 e. The van der Waals surface area contributed by atoms with Crippen LogP contribution in [0.15, 0.2) is 33.4 Å². The topological polar surface area (TPSA) is 77.0 Å². The number of hydrogen-bond acceptors (Lipinski definition) is 6. The molecule has 8 heteroatoms. The number of nitrogens with one attached hydrogen (secondary N) is 1. The number of oxazole rings is 1. The monoisotopic (exact) mass is 243 g/mol. The fourth-order valence-corrected chi connectivity index (χ4v) is 1.27. The van der Waals surface area contributed by atoms with Crippen molar-refractivity contribution in [3.8, 4) is 0 Å². The number of hydrogen-bond donors (Lipinski definition) is 1. The molecule has 0 spiro atoms. The van der Waals surface area contributed by atoms with Gasteiger partial charge in [-0.15, -0.1) is 5.10 Å². The summed E-state index contributed by atoms with van der Waals surface area (Å²) in [6, 6.07) is 4.41. The van der Waals surface area contributed by atoms with E-state index in [4.69, 9.17) is 8.83 Å². The van der Waals surface area contributed by atoms with E-state index >= 15 is 0 Å². The molecule has 0 saturated carbocycles. The molecule has 0 fully saturated rings. The van der Waals surface area contributed by atoms with Crippen LogP contribution in [-0.2, 0) is 0 Å². The Morgan fingerprint density at radius 1 is 1.24 bits per heavy atom. The summed E-state index contributed by atoms with van der Waals surface area (Å²) in [4.78, 5) is 4.06. The van der Waals surface area contributed by atoms with Gasteiger partial charge in [0.1, 0.15) is 11.3 Å². The maximum atomic E-state index is 12.9. The van der Waals surface area contributed by atoms with Crippen LogP contribution in [-0.4, -0.2) is 44.7 Å². The van der Waals surface area contributed by atoms with Gasteiger partial charge < -0.3 is 8.83 Å². The predicted octanol–water partition coefficient (Wildman–Crippen LogP) is 1.71. The molecule has 2 aromatic heterocycles. The molecule has 0 bridgehead atoms. The molecule has 0 atom stereocenters. The van der Waals surface area contributed by atoms with Crippen molar-refractivity contribution in [2.45, 2.75) is 0 Å². The molecule has 1 aromatic carbocycles. The van der Waals surface area contributed by atoms with Crippen LogP contribution in [0, 0.1) is 5.82 Å².